The van der Waals surface area contributed by atoms with Crippen LogP contribution in [0.25, 0.3) is 0 Å². The van der Waals surface area contributed by atoms with Gasteiger partial charge in [0.15, 0.2) is 12.4 Å². The van der Waals surface area contributed by atoms with Gasteiger partial charge in [0.2, 0.25) is 0 Å². The summed E-state index contributed by atoms with van der Waals surface area (Å²) < 4.78 is 10.8. The van der Waals surface area contributed by atoms with E-state index in [9.17, 15) is 5.11 Å². The van der Waals surface area contributed by atoms with Crippen molar-refractivity contribution in [3.63, 3.8) is 0 Å². The van der Waals surface area contributed by atoms with Crippen LogP contribution in [0.2, 0.25) is 0 Å². The van der Waals surface area contributed by atoms with Crippen molar-refractivity contribution in [2.75, 3.05) is 26.7 Å². The Balaban J connectivity index is 0.00000176. The molecule has 0 bridgehead atoms. The van der Waals surface area contributed by atoms with Crippen molar-refractivity contribution in [2.45, 2.75) is 12.6 Å². The summed E-state index contributed by atoms with van der Waals surface area (Å²) in [5.41, 5.74) is 0. The Morgan fingerprint density at radius 1 is 1.41 bits per heavy atom. The van der Waals surface area contributed by atoms with Crippen molar-refractivity contribution in [3.8, 4) is 11.5 Å². The first-order valence-electron chi connectivity index (χ1n) is 6.87. The topological polar surface area (TPSA) is 83.7 Å². The number of aromatic nitrogens is 2. The molecule has 2 heterocycles. The minimum Gasteiger partial charge on any atom is -0.508 e. The normalized spacial score (nSPS) is 18.7. The maximum atomic E-state index is 9.21. The Hall–Kier alpha value is -1.83. The van der Waals surface area contributed by atoms with Gasteiger partial charge in [-0.1, -0.05) is 5.16 Å². The van der Waals surface area contributed by atoms with Crippen LogP contribution in [0.5, 0.6) is 11.5 Å². The summed E-state index contributed by atoms with van der Waals surface area (Å²) in [7, 11) is 2.05. The number of hydrogen-bond acceptors (Lipinski definition) is 7. The highest BCUT2D eigenvalue weighted by atomic mass is 35.5. The fourth-order valence-corrected chi connectivity index (χ4v) is 2.24. The molecule has 1 atom stereocenters. The van der Waals surface area contributed by atoms with E-state index < -0.39 is 0 Å². The number of halogens is 1. The number of phenols is 1. The molecule has 0 spiro atoms. The molecular weight excluding hydrogens is 308 g/mol. The van der Waals surface area contributed by atoms with Crippen LogP contribution in [-0.4, -0.2) is 46.8 Å². The quantitative estimate of drug-likeness (QED) is 0.877. The number of rotatable bonds is 4. The number of nitrogens with zero attached hydrogens (tertiary/aromatic N) is 3. The predicted molar refractivity (Wildman–Crippen MR) is 82.2 cm³/mol. The summed E-state index contributed by atoms with van der Waals surface area (Å²) in [6, 6.07) is 6.63. The summed E-state index contributed by atoms with van der Waals surface area (Å²) in [6.07, 6.45) is 0. The SMILES string of the molecule is CN1CCNCC1c1noc(COc2ccc(O)cc2)n1.Cl. The zero-order valence-corrected chi connectivity index (χ0v) is 13.0. The minimum absolute atomic E-state index is 0. The number of likely N-dealkylation sites (N-methyl/N-ethyl adjacent to an activating group) is 1. The Labute approximate surface area is 134 Å². The van der Waals surface area contributed by atoms with Crippen molar-refractivity contribution in [1.82, 2.24) is 20.4 Å². The first-order valence-corrected chi connectivity index (χ1v) is 6.87. The van der Waals surface area contributed by atoms with Gasteiger partial charge in [-0.25, -0.2) is 0 Å². The Morgan fingerprint density at radius 3 is 2.91 bits per heavy atom. The molecule has 0 saturated carbocycles. The largest absolute Gasteiger partial charge is 0.508 e. The lowest BCUT2D eigenvalue weighted by Crippen LogP contribution is -2.44. The van der Waals surface area contributed by atoms with Gasteiger partial charge in [0.1, 0.15) is 11.5 Å². The molecule has 2 N–H and O–H groups in total. The number of benzene rings is 1. The average molecular weight is 327 g/mol. The van der Waals surface area contributed by atoms with Gasteiger partial charge in [0.05, 0.1) is 6.04 Å². The molecule has 1 aliphatic rings. The van der Waals surface area contributed by atoms with Crippen LogP contribution < -0.4 is 10.1 Å². The molecule has 1 saturated heterocycles. The molecule has 3 rings (SSSR count). The second-order valence-corrected chi connectivity index (χ2v) is 5.03. The Kier molecular flexibility index (Phi) is 5.59. The lowest BCUT2D eigenvalue weighted by atomic mass is 10.2. The van der Waals surface area contributed by atoms with E-state index in [1.165, 1.54) is 0 Å². The fourth-order valence-electron chi connectivity index (χ4n) is 2.24. The first-order chi connectivity index (χ1) is 10.2. The predicted octanol–water partition coefficient (Wildman–Crippen LogP) is 1.35. The molecular formula is C14H19ClN4O3. The monoisotopic (exact) mass is 326 g/mol. The van der Waals surface area contributed by atoms with E-state index in [1.807, 2.05) is 0 Å². The van der Waals surface area contributed by atoms with E-state index in [2.05, 4.69) is 27.4 Å². The van der Waals surface area contributed by atoms with Gasteiger partial charge in [-0.15, -0.1) is 12.4 Å². The molecule has 22 heavy (non-hydrogen) atoms. The summed E-state index contributed by atoms with van der Waals surface area (Å²) in [6.45, 7) is 2.95. The number of aromatic hydroxyl groups is 1. The zero-order chi connectivity index (χ0) is 14.7. The van der Waals surface area contributed by atoms with Crippen molar-refractivity contribution >= 4 is 12.4 Å². The zero-order valence-electron chi connectivity index (χ0n) is 12.2. The highest BCUT2D eigenvalue weighted by Gasteiger charge is 2.25. The van der Waals surface area contributed by atoms with Gasteiger partial charge in [0.25, 0.3) is 5.89 Å². The second kappa shape index (κ2) is 7.44. The smallest absolute Gasteiger partial charge is 0.264 e. The number of piperazine rings is 1. The lowest BCUT2D eigenvalue weighted by Gasteiger charge is -2.30. The fraction of sp³-hybridized carbons (Fsp3) is 0.429. The molecule has 1 aromatic heterocycles. The Bertz CT molecular complexity index is 590. The summed E-state index contributed by atoms with van der Waals surface area (Å²) in [5, 5.41) is 16.6. The van der Waals surface area contributed by atoms with Gasteiger partial charge < -0.3 is 19.7 Å². The van der Waals surface area contributed by atoms with Gasteiger partial charge in [-0.2, -0.15) is 4.98 Å². The molecule has 1 aliphatic heterocycles. The molecule has 120 valence electrons. The van der Waals surface area contributed by atoms with Gasteiger partial charge >= 0.3 is 0 Å². The van der Waals surface area contributed by atoms with Crippen LogP contribution >= 0.6 is 12.4 Å². The van der Waals surface area contributed by atoms with Crippen LogP contribution in [0.3, 0.4) is 0 Å². The van der Waals surface area contributed by atoms with E-state index in [0.29, 0.717) is 17.5 Å². The van der Waals surface area contributed by atoms with E-state index >= 15 is 0 Å². The maximum Gasteiger partial charge on any atom is 0.264 e. The van der Waals surface area contributed by atoms with E-state index in [1.54, 1.807) is 24.3 Å². The lowest BCUT2D eigenvalue weighted by molar-refractivity contribution is 0.189. The van der Waals surface area contributed by atoms with Gasteiger partial charge in [-0.05, 0) is 31.3 Å². The number of hydrogen-bond donors (Lipinski definition) is 2. The molecule has 1 aromatic carbocycles. The highest BCUT2D eigenvalue weighted by Crippen LogP contribution is 2.19. The van der Waals surface area contributed by atoms with Crippen molar-refractivity contribution in [2.24, 2.45) is 0 Å². The third-order valence-electron chi connectivity index (χ3n) is 3.49. The summed E-state index contributed by atoms with van der Waals surface area (Å²) in [5.74, 6) is 1.96. The van der Waals surface area contributed by atoms with Crippen molar-refractivity contribution < 1.29 is 14.4 Å². The highest BCUT2D eigenvalue weighted by molar-refractivity contribution is 5.85. The first kappa shape index (κ1) is 16.5. The van der Waals surface area contributed by atoms with E-state index in [4.69, 9.17) is 9.26 Å². The number of nitrogens with one attached hydrogen (secondary N) is 1. The average Bonchev–Trinajstić information content (AvgIpc) is 2.96. The minimum atomic E-state index is 0. The van der Waals surface area contributed by atoms with Crippen LogP contribution in [0.1, 0.15) is 17.8 Å². The molecule has 0 aliphatic carbocycles. The van der Waals surface area contributed by atoms with Crippen LogP contribution in [0.15, 0.2) is 28.8 Å². The summed E-state index contributed by atoms with van der Waals surface area (Å²) >= 11 is 0. The van der Waals surface area contributed by atoms with E-state index in [0.717, 1.165) is 19.6 Å². The Morgan fingerprint density at radius 2 is 2.18 bits per heavy atom. The van der Waals surface area contributed by atoms with E-state index in [-0.39, 0.29) is 30.8 Å². The molecule has 0 radical (unpaired) electrons. The molecule has 7 nitrogen and oxygen atoms in total. The molecule has 1 unspecified atom stereocenters. The number of ether oxygens (including phenoxy) is 1. The third kappa shape index (κ3) is 3.88. The van der Waals surface area contributed by atoms with Gasteiger partial charge in [0, 0.05) is 19.6 Å². The molecule has 8 heteroatoms. The standard InChI is InChI=1S/C14H18N4O3.ClH/c1-18-7-6-15-8-12(18)14-16-13(21-17-14)9-20-11-4-2-10(19)3-5-11;/h2-5,12,15,19H,6-9H2,1H3;1H. The van der Waals surface area contributed by atoms with Crippen LogP contribution in [0.4, 0.5) is 0 Å². The molecule has 0 amide bonds. The number of phenolic OH excluding ortho intramolecular Hbond substituents is 1. The third-order valence-corrected chi connectivity index (χ3v) is 3.49. The van der Waals surface area contributed by atoms with Crippen LogP contribution in [-0.2, 0) is 6.61 Å². The van der Waals surface area contributed by atoms with Crippen LogP contribution in [0, 0.1) is 0 Å². The summed E-state index contributed by atoms with van der Waals surface area (Å²) in [4.78, 5) is 6.58. The second-order valence-electron chi connectivity index (χ2n) is 5.03. The van der Waals surface area contributed by atoms with Crippen molar-refractivity contribution in [1.29, 1.82) is 0 Å². The molecule has 2 aromatic rings. The maximum absolute atomic E-state index is 9.21. The van der Waals surface area contributed by atoms with Crippen molar-refractivity contribution in [3.05, 3.63) is 36.0 Å². The molecule has 1 fully saturated rings. The van der Waals surface area contributed by atoms with Gasteiger partial charge in [-0.3, -0.25) is 4.90 Å².